The van der Waals surface area contributed by atoms with Crippen molar-refractivity contribution in [3.63, 3.8) is 0 Å². The first-order valence-electron chi connectivity index (χ1n) is 12.1. The van der Waals surface area contributed by atoms with Gasteiger partial charge in [-0.2, -0.15) is 0 Å². The van der Waals surface area contributed by atoms with Crippen LogP contribution in [0.3, 0.4) is 0 Å². The zero-order chi connectivity index (χ0) is 24.8. The van der Waals surface area contributed by atoms with E-state index in [1.807, 2.05) is 19.6 Å². The van der Waals surface area contributed by atoms with E-state index in [-0.39, 0.29) is 32.1 Å². The molecule has 3 N–H and O–H groups in total. The Bertz CT molecular complexity index is 628. The van der Waals surface area contributed by atoms with E-state index in [0.29, 0.717) is 58.9 Å². The number of aldehydes is 1. The van der Waals surface area contributed by atoms with Gasteiger partial charge < -0.3 is 25.2 Å². The molecule has 2 aliphatic heterocycles. The van der Waals surface area contributed by atoms with Crippen molar-refractivity contribution < 1.29 is 29.4 Å². The Labute approximate surface area is 201 Å². The summed E-state index contributed by atoms with van der Waals surface area (Å²) in [6.45, 7) is 7.58. The summed E-state index contributed by atoms with van der Waals surface area (Å²) in [6.07, 6.45) is 3.21. The number of hydrogen-bond acceptors (Lipinski definition) is 9. The summed E-state index contributed by atoms with van der Waals surface area (Å²) in [5.41, 5.74) is 0. The highest BCUT2D eigenvalue weighted by atomic mass is 16.4. The quantitative estimate of drug-likeness (QED) is 0.275. The van der Waals surface area contributed by atoms with Crippen molar-refractivity contribution in [1.82, 2.24) is 29.8 Å². The molecule has 194 valence electrons. The van der Waals surface area contributed by atoms with Crippen molar-refractivity contribution in [2.45, 2.75) is 12.8 Å². The van der Waals surface area contributed by atoms with Crippen LogP contribution in [0.25, 0.3) is 0 Å². The maximum Gasteiger partial charge on any atom is 0.317 e. The lowest BCUT2D eigenvalue weighted by atomic mass is 10.3. The second-order valence-corrected chi connectivity index (χ2v) is 8.98. The lowest BCUT2D eigenvalue weighted by molar-refractivity contribution is -0.139. The Morgan fingerprint density at radius 2 is 1.09 bits per heavy atom. The van der Waals surface area contributed by atoms with Crippen LogP contribution < -0.4 is 5.32 Å². The van der Waals surface area contributed by atoms with Crippen molar-refractivity contribution in [1.29, 1.82) is 0 Å². The summed E-state index contributed by atoms with van der Waals surface area (Å²) in [6, 6.07) is 0. The fourth-order valence-electron chi connectivity index (χ4n) is 4.34. The predicted molar refractivity (Wildman–Crippen MR) is 126 cm³/mol. The van der Waals surface area contributed by atoms with E-state index < -0.39 is 11.9 Å². The van der Waals surface area contributed by atoms with E-state index in [1.165, 1.54) is 12.8 Å². The number of carboxylic acids is 2. The second kappa shape index (κ2) is 15.7. The first kappa shape index (κ1) is 28.1. The van der Waals surface area contributed by atoms with Gasteiger partial charge in [0.1, 0.15) is 6.29 Å². The zero-order valence-corrected chi connectivity index (χ0v) is 20.1. The van der Waals surface area contributed by atoms with Gasteiger partial charge in [-0.15, -0.1) is 0 Å². The average Bonchev–Trinajstić information content (AvgIpc) is 3.28. The van der Waals surface area contributed by atoms with Crippen molar-refractivity contribution in [3.8, 4) is 0 Å². The molecule has 0 bridgehead atoms. The minimum absolute atomic E-state index is 0.0852. The Morgan fingerprint density at radius 1 is 0.647 bits per heavy atom. The molecule has 0 aliphatic carbocycles. The van der Waals surface area contributed by atoms with E-state index in [0.717, 1.165) is 25.9 Å². The lowest BCUT2D eigenvalue weighted by Gasteiger charge is -2.32. The van der Waals surface area contributed by atoms with Gasteiger partial charge >= 0.3 is 11.9 Å². The molecule has 0 aromatic carbocycles. The smallest absolute Gasteiger partial charge is 0.317 e. The maximum atomic E-state index is 12.6. The van der Waals surface area contributed by atoms with Crippen LogP contribution in [0.5, 0.6) is 0 Å². The third-order valence-corrected chi connectivity index (χ3v) is 6.30. The second-order valence-electron chi connectivity index (χ2n) is 8.98. The largest absolute Gasteiger partial charge is 0.480 e. The average molecular weight is 485 g/mol. The number of aliphatic carboxylic acids is 2. The Balaban J connectivity index is 1.97. The molecule has 12 heteroatoms. The highest BCUT2D eigenvalue weighted by Crippen LogP contribution is 2.05. The minimum atomic E-state index is -0.923. The number of carboxylic acid groups (broad SMARTS) is 2. The van der Waals surface area contributed by atoms with Gasteiger partial charge in [-0.25, -0.2) is 0 Å². The van der Waals surface area contributed by atoms with Crippen LogP contribution in [-0.4, -0.2) is 164 Å². The van der Waals surface area contributed by atoms with Crippen LogP contribution in [-0.2, 0) is 19.2 Å². The highest BCUT2D eigenvalue weighted by molar-refractivity contribution is 5.78. The normalized spacial score (nSPS) is 20.9. The van der Waals surface area contributed by atoms with Gasteiger partial charge in [-0.3, -0.25) is 34.0 Å². The topological polar surface area (TPSA) is 137 Å². The SMILES string of the molecule is O=CCN1CCN(CC(=O)O)CCN(CC(=O)NCCN2CCCC2)CCN(CC(=O)O)CC1. The van der Waals surface area contributed by atoms with E-state index in [1.54, 1.807) is 0 Å². The van der Waals surface area contributed by atoms with Gasteiger partial charge in [-0.05, 0) is 25.9 Å². The summed E-state index contributed by atoms with van der Waals surface area (Å²) in [7, 11) is 0. The standard InChI is InChI=1S/C22H40N6O6/c29-16-15-25-7-9-27(18-21(31)32)13-11-26(12-14-28(10-8-25)19-22(33)34)17-20(30)23-3-6-24-4-1-2-5-24/h16H,1-15,17-19H2,(H,23,30)(H,31,32)(H,33,34). The van der Waals surface area contributed by atoms with Crippen LogP contribution in [0.2, 0.25) is 0 Å². The minimum Gasteiger partial charge on any atom is -0.480 e. The van der Waals surface area contributed by atoms with E-state index in [2.05, 4.69) is 10.2 Å². The zero-order valence-electron chi connectivity index (χ0n) is 20.1. The van der Waals surface area contributed by atoms with Gasteiger partial charge in [0, 0.05) is 65.4 Å². The molecule has 0 atom stereocenters. The van der Waals surface area contributed by atoms with Crippen molar-refractivity contribution in [2.24, 2.45) is 0 Å². The number of nitrogens with zero attached hydrogens (tertiary/aromatic N) is 5. The summed E-state index contributed by atoms with van der Waals surface area (Å²) in [5.74, 6) is -1.93. The molecule has 2 fully saturated rings. The third kappa shape index (κ3) is 11.8. The maximum absolute atomic E-state index is 12.6. The van der Waals surface area contributed by atoms with E-state index >= 15 is 0 Å². The van der Waals surface area contributed by atoms with E-state index in [9.17, 15) is 29.4 Å². The number of hydrogen-bond donors (Lipinski definition) is 3. The third-order valence-electron chi connectivity index (χ3n) is 6.30. The molecule has 0 saturated carbocycles. The molecular weight excluding hydrogens is 444 g/mol. The summed E-state index contributed by atoms with van der Waals surface area (Å²) < 4.78 is 0. The molecule has 34 heavy (non-hydrogen) atoms. The van der Waals surface area contributed by atoms with Crippen LogP contribution in [0.1, 0.15) is 12.8 Å². The van der Waals surface area contributed by atoms with Gasteiger partial charge in [0.15, 0.2) is 0 Å². The number of nitrogens with one attached hydrogen (secondary N) is 1. The number of likely N-dealkylation sites (tertiary alicyclic amines) is 1. The first-order valence-corrected chi connectivity index (χ1v) is 12.1. The highest BCUT2D eigenvalue weighted by Gasteiger charge is 2.20. The molecule has 0 radical (unpaired) electrons. The molecular formula is C22H40N6O6. The fourth-order valence-corrected chi connectivity index (χ4v) is 4.34. The molecule has 1 amide bonds. The van der Waals surface area contributed by atoms with Gasteiger partial charge in [0.2, 0.25) is 5.91 Å². The molecule has 0 aromatic rings. The summed E-state index contributed by atoms with van der Waals surface area (Å²) >= 11 is 0. The summed E-state index contributed by atoms with van der Waals surface area (Å²) in [4.78, 5) is 56.1. The van der Waals surface area contributed by atoms with E-state index in [4.69, 9.17) is 0 Å². The van der Waals surface area contributed by atoms with Crippen LogP contribution in [0.4, 0.5) is 0 Å². The molecule has 2 rings (SSSR count). The monoisotopic (exact) mass is 484 g/mol. The number of amides is 1. The molecule has 0 spiro atoms. The number of carbonyl (C=O) groups excluding carboxylic acids is 2. The van der Waals surface area contributed by atoms with Crippen molar-refractivity contribution in [3.05, 3.63) is 0 Å². The predicted octanol–water partition coefficient (Wildman–Crippen LogP) is -2.21. The Morgan fingerprint density at radius 3 is 1.53 bits per heavy atom. The molecule has 12 nitrogen and oxygen atoms in total. The van der Waals surface area contributed by atoms with Gasteiger partial charge in [0.05, 0.1) is 26.2 Å². The lowest BCUT2D eigenvalue weighted by Crippen LogP contribution is -2.49. The van der Waals surface area contributed by atoms with Gasteiger partial charge in [-0.1, -0.05) is 0 Å². The molecule has 2 heterocycles. The fraction of sp³-hybridized carbons (Fsp3) is 0.818. The molecule has 0 aromatic heterocycles. The molecule has 0 unspecified atom stereocenters. The van der Waals surface area contributed by atoms with Crippen molar-refractivity contribution in [2.75, 3.05) is 105 Å². The van der Waals surface area contributed by atoms with Crippen LogP contribution >= 0.6 is 0 Å². The Kier molecular flexibility index (Phi) is 13.0. The number of rotatable bonds is 11. The number of carbonyl (C=O) groups is 4. The molecule has 2 saturated heterocycles. The first-order chi connectivity index (χ1) is 16.4. The van der Waals surface area contributed by atoms with Crippen LogP contribution in [0, 0.1) is 0 Å². The summed E-state index contributed by atoms with van der Waals surface area (Å²) in [5, 5.41) is 21.5. The Hall–Kier alpha value is -2.12. The van der Waals surface area contributed by atoms with Gasteiger partial charge in [0.25, 0.3) is 0 Å². The van der Waals surface area contributed by atoms with Crippen LogP contribution in [0.15, 0.2) is 0 Å². The molecule has 2 aliphatic rings. The van der Waals surface area contributed by atoms with Crippen molar-refractivity contribution >= 4 is 24.1 Å².